The SMILES string of the molecule is CCC(C)(C#N)C(=O)NCCc1ccn(C)n1. The number of rotatable bonds is 5. The third-order valence-corrected chi connectivity index (χ3v) is 2.89. The minimum absolute atomic E-state index is 0.210. The van der Waals surface area contributed by atoms with Crippen LogP contribution in [0.2, 0.25) is 0 Å². The number of aryl methyl sites for hydroxylation is 1. The predicted octanol–water partition coefficient (Wildman–Crippen LogP) is 1.02. The quantitative estimate of drug-likeness (QED) is 0.826. The lowest BCUT2D eigenvalue weighted by Gasteiger charge is -2.18. The third-order valence-electron chi connectivity index (χ3n) is 2.89. The Morgan fingerprint density at radius 1 is 1.71 bits per heavy atom. The van der Waals surface area contributed by atoms with Gasteiger partial charge >= 0.3 is 0 Å². The molecule has 1 rings (SSSR count). The molecule has 1 heterocycles. The molecule has 5 heteroatoms. The first kappa shape index (κ1) is 13.2. The van der Waals surface area contributed by atoms with Gasteiger partial charge in [0, 0.05) is 26.2 Å². The Bertz CT molecular complexity index is 432. The van der Waals surface area contributed by atoms with E-state index in [9.17, 15) is 4.79 Å². The fraction of sp³-hybridized carbons (Fsp3) is 0.583. The molecule has 0 radical (unpaired) electrons. The second kappa shape index (κ2) is 5.48. The van der Waals surface area contributed by atoms with Crippen molar-refractivity contribution in [2.24, 2.45) is 12.5 Å². The molecule has 1 unspecified atom stereocenters. The number of carbonyl (C=O) groups excluding carboxylic acids is 1. The second-order valence-corrected chi connectivity index (χ2v) is 4.28. The van der Waals surface area contributed by atoms with Crippen molar-refractivity contribution in [3.63, 3.8) is 0 Å². The largest absolute Gasteiger partial charge is 0.354 e. The number of aromatic nitrogens is 2. The molecule has 0 aliphatic heterocycles. The number of carbonyl (C=O) groups is 1. The van der Waals surface area contributed by atoms with E-state index in [1.165, 1.54) is 0 Å². The number of nitriles is 1. The molecule has 1 N–H and O–H groups in total. The number of hydrogen-bond donors (Lipinski definition) is 1. The zero-order valence-corrected chi connectivity index (χ0v) is 10.5. The zero-order chi connectivity index (χ0) is 12.9. The van der Waals surface area contributed by atoms with Crippen LogP contribution >= 0.6 is 0 Å². The summed E-state index contributed by atoms with van der Waals surface area (Å²) in [5.74, 6) is -0.210. The van der Waals surface area contributed by atoms with Crippen LogP contribution in [0.15, 0.2) is 12.3 Å². The topological polar surface area (TPSA) is 70.7 Å². The molecule has 0 aromatic carbocycles. The maximum Gasteiger partial charge on any atom is 0.240 e. The lowest BCUT2D eigenvalue weighted by atomic mass is 9.88. The molecule has 1 aromatic rings. The van der Waals surface area contributed by atoms with Gasteiger partial charge < -0.3 is 5.32 Å². The molecule has 0 aliphatic carbocycles. The molecular formula is C12H18N4O. The van der Waals surface area contributed by atoms with Gasteiger partial charge in [0.25, 0.3) is 0 Å². The maximum absolute atomic E-state index is 11.8. The molecule has 0 fully saturated rings. The van der Waals surface area contributed by atoms with E-state index in [2.05, 4.69) is 10.4 Å². The van der Waals surface area contributed by atoms with Crippen molar-refractivity contribution < 1.29 is 4.79 Å². The zero-order valence-electron chi connectivity index (χ0n) is 10.5. The van der Waals surface area contributed by atoms with Crippen LogP contribution in [0.3, 0.4) is 0 Å². The molecule has 1 atom stereocenters. The highest BCUT2D eigenvalue weighted by atomic mass is 16.2. The smallest absolute Gasteiger partial charge is 0.240 e. The van der Waals surface area contributed by atoms with Gasteiger partial charge in [-0.25, -0.2) is 0 Å². The van der Waals surface area contributed by atoms with Crippen molar-refractivity contribution in [1.29, 1.82) is 5.26 Å². The number of amides is 1. The molecule has 0 saturated heterocycles. The van der Waals surface area contributed by atoms with Gasteiger partial charge in [0.1, 0.15) is 5.41 Å². The average Bonchev–Trinajstić information content (AvgIpc) is 2.74. The minimum atomic E-state index is -0.926. The molecule has 5 nitrogen and oxygen atoms in total. The first-order valence-corrected chi connectivity index (χ1v) is 5.70. The summed E-state index contributed by atoms with van der Waals surface area (Å²) >= 11 is 0. The van der Waals surface area contributed by atoms with Gasteiger partial charge in [0.2, 0.25) is 5.91 Å². The van der Waals surface area contributed by atoms with E-state index in [-0.39, 0.29) is 5.91 Å². The van der Waals surface area contributed by atoms with Gasteiger partial charge in [-0.05, 0) is 19.4 Å². The summed E-state index contributed by atoms with van der Waals surface area (Å²) in [5, 5.41) is 15.9. The van der Waals surface area contributed by atoms with Crippen LogP contribution in [0.4, 0.5) is 0 Å². The van der Waals surface area contributed by atoms with Crippen LogP contribution in [-0.4, -0.2) is 22.2 Å². The second-order valence-electron chi connectivity index (χ2n) is 4.28. The first-order valence-electron chi connectivity index (χ1n) is 5.70. The number of nitrogens with one attached hydrogen (secondary N) is 1. The van der Waals surface area contributed by atoms with Crippen LogP contribution in [-0.2, 0) is 18.3 Å². The lowest BCUT2D eigenvalue weighted by Crippen LogP contribution is -2.38. The first-order chi connectivity index (χ1) is 8.01. The molecule has 0 saturated carbocycles. The van der Waals surface area contributed by atoms with Gasteiger partial charge in [-0.3, -0.25) is 9.48 Å². The third kappa shape index (κ3) is 3.31. The monoisotopic (exact) mass is 234 g/mol. The Kier molecular flexibility index (Phi) is 4.27. The normalized spacial score (nSPS) is 13.8. The van der Waals surface area contributed by atoms with E-state index in [0.29, 0.717) is 19.4 Å². The van der Waals surface area contributed by atoms with Crippen molar-refractivity contribution in [3.05, 3.63) is 18.0 Å². The van der Waals surface area contributed by atoms with E-state index >= 15 is 0 Å². The Balaban J connectivity index is 2.42. The Labute approximate surface area is 101 Å². The summed E-state index contributed by atoms with van der Waals surface area (Å²) in [6, 6.07) is 3.96. The summed E-state index contributed by atoms with van der Waals surface area (Å²) in [5.41, 5.74) is 0.00682. The molecule has 92 valence electrons. The summed E-state index contributed by atoms with van der Waals surface area (Å²) in [6.07, 6.45) is 3.05. The molecule has 0 spiro atoms. The molecule has 1 amide bonds. The average molecular weight is 234 g/mol. The summed E-state index contributed by atoms with van der Waals surface area (Å²) in [4.78, 5) is 11.8. The van der Waals surface area contributed by atoms with Gasteiger partial charge in [-0.15, -0.1) is 0 Å². The van der Waals surface area contributed by atoms with Gasteiger partial charge in [0.05, 0.1) is 11.8 Å². The van der Waals surface area contributed by atoms with E-state index in [0.717, 1.165) is 5.69 Å². The van der Waals surface area contributed by atoms with Crippen LogP contribution in [0.25, 0.3) is 0 Å². The van der Waals surface area contributed by atoms with Crippen LogP contribution in [0.1, 0.15) is 26.0 Å². The van der Waals surface area contributed by atoms with Crippen LogP contribution < -0.4 is 5.32 Å². The van der Waals surface area contributed by atoms with E-state index < -0.39 is 5.41 Å². The highest BCUT2D eigenvalue weighted by Crippen LogP contribution is 2.19. The molecular weight excluding hydrogens is 216 g/mol. The van der Waals surface area contributed by atoms with Crippen molar-refractivity contribution in [2.75, 3.05) is 6.54 Å². The van der Waals surface area contributed by atoms with E-state index in [1.807, 2.05) is 32.3 Å². The minimum Gasteiger partial charge on any atom is -0.354 e. The standard InChI is InChI=1S/C12H18N4O/c1-4-12(2,9-13)11(17)14-7-5-10-6-8-16(3)15-10/h6,8H,4-5,7H2,1-3H3,(H,14,17). The van der Waals surface area contributed by atoms with Crippen molar-refractivity contribution in [1.82, 2.24) is 15.1 Å². The summed E-state index contributed by atoms with van der Waals surface area (Å²) in [7, 11) is 1.85. The molecule has 1 aromatic heterocycles. The predicted molar refractivity (Wildman–Crippen MR) is 63.9 cm³/mol. The lowest BCUT2D eigenvalue weighted by molar-refractivity contribution is -0.127. The highest BCUT2D eigenvalue weighted by Gasteiger charge is 2.30. The molecule has 0 aliphatic rings. The molecule has 17 heavy (non-hydrogen) atoms. The van der Waals surface area contributed by atoms with Gasteiger partial charge in [-0.2, -0.15) is 10.4 Å². The van der Waals surface area contributed by atoms with Gasteiger partial charge in [-0.1, -0.05) is 6.92 Å². The van der Waals surface area contributed by atoms with Crippen molar-refractivity contribution >= 4 is 5.91 Å². The fourth-order valence-electron chi connectivity index (χ4n) is 1.39. The van der Waals surface area contributed by atoms with E-state index in [1.54, 1.807) is 11.6 Å². The van der Waals surface area contributed by atoms with Gasteiger partial charge in [0.15, 0.2) is 0 Å². The van der Waals surface area contributed by atoms with Crippen molar-refractivity contribution in [3.8, 4) is 6.07 Å². The fourth-order valence-corrected chi connectivity index (χ4v) is 1.39. The van der Waals surface area contributed by atoms with Crippen LogP contribution in [0.5, 0.6) is 0 Å². The Morgan fingerprint density at radius 3 is 2.88 bits per heavy atom. The Hall–Kier alpha value is -1.83. The number of hydrogen-bond acceptors (Lipinski definition) is 3. The highest BCUT2D eigenvalue weighted by molar-refractivity contribution is 5.84. The van der Waals surface area contributed by atoms with E-state index in [4.69, 9.17) is 5.26 Å². The maximum atomic E-state index is 11.8. The summed E-state index contributed by atoms with van der Waals surface area (Å²) < 4.78 is 1.72. The Morgan fingerprint density at radius 2 is 2.41 bits per heavy atom. The van der Waals surface area contributed by atoms with Crippen molar-refractivity contribution in [2.45, 2.75) is 26.7 Å². The molecule has 0 bridgehead atoms. The number of nitrogens with zero attached hydrogens (tertiary/aromatic N) is 3. The summed E-state index contributed by atoms with van der Waals surface area (Å²) in [6.45, 7) is 4.00. The van der Waals surface area contributed by atoms with Crippen LogP contribution in [0, 0.1) is 16.7 Å².